The van der Waals surface area contributed by atoms with Gasteiger partial charge in [-0.25, -0.2) is 3.62 Å². The number of hydrogen-bond acceptors (Lipinski definition) is 3. The Balaban J connectivity index is 2.34. The number of hydrogen-bond donors (Lipinski definition) is 1. The second-order valence-electron chi connectivity index (χ2n) is 2.90. The molecule has 1 atom stereocenters. The van der Waals surface area contributed by atoms with Gasteiger partial charge in [-0.1, -0.05) is 19.3 Å². The van der Waals surface area contributed by atoms with Gasteiger partial charge in [0.1, 0.15) is 16.3 Å². The third-order valence-corrected chi connectivity index (χ3v) is 4.89. The average molecular weight is 275 g/mol. The molecule has 0 saturated heterocycles. The molecule has 0 aliphatic heterocycles. The molecule has 0 aromatic carbocycles. The van der Waals surface area contributed by atoms with Crippen LogP contribution in [-0.2, 0) is 19.9 Å². The van der Waals surface area contributed by atoms with E-state index < -0.39 is 6.72 Å². The SMILES string of the molecule is OP(=S)(OBr)OC1CCCCC1. The summed E-state index contributed by atoms with van der Waals surface area (Å²) in [6.45, 7) is -2.99. The number of rotatable bonds is 3. The molecule has 0 spiro atoms. The molecule has 1 rings (SSSR count). The Labute approximate surface area is 86.2 Å². The lowest BCUT2D eigenvalue weighted by Crippen LogP contribution is -2.14. The molecule has 12 heavy (non-hydrogen) atoms. The minimum atomic E-state index is -2.99. The van der Waals surface area contributed by atoms with Crippen molar-refractivity contribution in [3.05, 3.63) is 0 Å². The molecular formula is C6H12BrO3PS. The fourth-order valence-corrected chi connectivity index (χ4v) is 2.57. The van der Waals surface area contributed by atoms with Crippen molar-refractivity contribution >= 4 is 34.8 Å². The fourth-order valence-electron chi connectivity index (χ4n) is 1.38. The molecule has 1 saturated carbocycles. The molecule has 6 heteroatoms. The molecule has 1 fully saturated rings. The lowest BCUT2D eigenvalue weighted by molar-refractivity contribution is 0.138. The van der Waals surface area contributed by atoms with E-state index in [1.807, 2.05) is 0 Å². The second kappa shape index (κ2) is 5.03. The first-order chi connectivity index (χ1) is 5.64. The first-order valence-corrected chi connectivity index (χ1v) is 7.19. The maximum Gasteiger partial charge on any atom is 0.336 e. The molecule has 72 valence electrons. The van der Waals surface area contributed by atoms with E-state index in [0.717, 1.165) is 25.7 Å². The van der Waals surface area contributed by atoms with Crippen molar-refractivity contribution in [1.82, 2.24) is 0 Å². The Kier molecular flexibility index (Phi) is 4.65. The van der Waals surface area contributed by atoms with Gasteiger partial charge in [-0.05, 0) is 24.6 Å². The molecule has 0 radical (unpaired) electrons. The van der Waals surface area contributed by atoms with Gasteiger partial charge in [0.25, 0.3) is 0 Å². The molecule has 1 aliphatic rings. The predicted octanol–water partition coefficient (Wildman–Crippen LogP) is 2.88. The summed E-state index contributed by atoms with van der Waals surface area (Å²) < 4.78 is 9.75. The molecule has 1 N–H and O–H groups in total. The minimum absolute atomic E-state index is 0.0899. The Hall–Kier alpha value is 1.01. The van der Waals surface area contributed by atoms with Crippen LogP contribution in [0.15, 0.2) is 0 Å². The summed E-state index contributed by atoms with van der Waals surface area (Å²) in [7, 11) is 0. The first kappa shape index (κ1) is 11.1. The van der Waals surface area contributed by atoms with Crippen molar-refractivity contribution in [2.45, 2.75) is 38.2 Å². The quantitative estimate of drug-likeness (QED) is 0.804. The lowest BCUT2D eigenvalue weighted by atomic mass is 9.98. The van der Waals surface area contributed by atoms with Gasteiger partial charge in [-0.3, -0.25) is 0 Å². The van der Waals surface area contributed by atoms with Crippen LogP contribution in [0.25, 0.3) is 0 Å². The summed E-state index contributed by atoms with van der Waals surface area (Å²) in [5.74, 6) is 0. The monoisotopic (exact) mass is 274 g/mol. The summed E-state index contributed by atoms with van der Waals surface area (Å²) in [4.78, 5) is 9.31. The maximum atomic E-state index is 9.31. The van der Waals surface area contributed by atoms with E-state index in [0.29, 0.717) is 0 Å². The van der Waals surface area contributed by atoms with Crippen LogP contribution in [0.3, 0.4) is 0 Å². The van der Waals surface area contributed by atoms with Gasteiger partial charge in [0, 0.05) is 0 Å². The normalized spacial score (nSPS) is 25.2. The molecule has 0 bridgehead atoms. The third-order valence-electron chi connectivity index (χ3n) is 1.92. The summed E-state index contributed by atoms with van der Waals surface area (Å²) >= 11 is 7.37. The zero-order chi connectivity index (χ0) is 9.03. The molecule has 0 aromatic rings. The summed E-state index contributed by atoms with van der Waals surface area (Å²) in [6.07, 6.45) is 5.62. The average Bonchev–Trinajstić information content (AvgIpc) is 2.06. The Bertz CT molecular complexity index is 184. The fraction of sp³-hybridized carbons (Fsp3) is 1.00. The van der Waals surface area contributed by atoms with Gasteiger partial charge in [0.05, 0.1) is 6.10 Å². The second-order valence-corrected chi connectivity index (χ2v) is 6.44. The van der Waals surface area contributed by atoms with Gasteiger partial charge >= 0.3 is 6.72 Å². The van der Waals surface area contributed by atoms with Gasteiger partial charge in [0.2, 0.25) is 0 Å². The topological polar surface area (TPSA) is 38.7 Å². The Morgan fingerprint density at radius 3 is 2.42 bits per heavy atom. The molecule has 1 aliphatic carbocycles. The molecule has 0 aromatic heterocycles. The van der Waals surface area contributed by atoms with E-state index >= 15 is 0 Å². The third kappa shape index (κ3) is 3.81. The van der Waals surface area contributed by atoms with Crippen molar-refractivity contribution in [2.24, 2.45) is 0 Å². The molecule has 0 amide bonds. The highest BCUT2D eigenvalue weighted by molar-refractivity contribution is 9.06. The van der Waals surface area contributed by atoms with E-state index in [1.165, 1.54) is 6.42 Å². The van der Waals surface area contributed by atoms with E-state index in [9.17, 15) is 4.89 Å². The largest absolute Gasteiger partial charge is 0.336 e. The molecule has 0 heterocycles. The Morgan fingerprint density at radius 1 is 1.33 bits per heavy atom. The zero-order valence-electron chi connectivity index (χ0n) is 6.61. The highest BCUT2D eigenvalue weighted by atomic mass is 79.9. The van der Waals surface area contributed by atoms with E-state index in [2.05, 4.69) is 19.9 Å². The highest BCUT2D eigenvalue weighted by Crippen LogP contribution is 2.48. The predicted molar refractivity (Wildman–Crippen MR) is 54.5 cm³/mol. The van der Waals surface area contributed by atoms with Crippen molar-refractivity contribution in [3.8, 4) is 0 Å². The highest BCUT2D eigenvalue weighted by Gasteiger charge is 2.22. The van der Waals surface area contributed by atoms with Gasteiger partial charge in [-0.15, -0.1) is 0 Å². The van der Waals surface area contributed by atoms with Crippen LogP contribution in [0, 0.1) is 0 Å². The van der Waals surface area contributed by atoms with Gasteiger partial charge < -0.3 is 9.42 Å². The Morgan fingerprint density at radius 2 is 1.92 bits per heavy atom. The van der Waals surface area contributed by atoms with Gasteiger partial charge in [-0.2, -0.15) is 0 Å². The summed E-state index contributed by atoms with van der Waals surface area (Å²) in [5.41, 5.74) is 0. The van der Waals surface area contributed by atoms with Crippen LogP contribution in [0.5, 0.6) is 0 Å². The molecule has 3 nitrogen and oxygen atoms in total. The van der Waals surface area contributed by atoms with Crippen LogP contribution < -0.4 is 0 Å². The van der Waals surface area contributed by atoms with Crippen LogP contribution in [0.2, 0.25) is 0 Å². The van der Waals surface area contributed by atoms with Crippen molar-refractivity contribution in [3.63, 3.8) is 0 Å². The smallest absolute Gasteiger partial charge is 0.324 e. The lowest BCUT2D eigenvalue weighted by Gasteiger charge is -2.24. The van der Waals surface area contributed by atoms with E-state index in [-0.39, 0.29) is 6.10 Å². The first-order valence-electron chi connectivity index (χ1n) is 3.95. The van der Waals surface area contributed by atoms with Crippen LogP contribution in [0.4, 0.5) is 0 Å². The summed E-state index contributed by atoms with van der Waals surface area (Å²) in [5, 5.41) is 0. The zero-order valence-corrected chi connectivity index (χ0v) is 9.91. The number of halogens is 1. The van der Waals surface area contributed by atoms with Crippen LogP contribution in [0.1, 0.15) is 32.1 Å². The molecule has 1 unspecified atom stereocenters. The van der Waals surface area contributed by atoms with Crippen molar-refractivity contribution in [2.75, 3.05) is 0 Å². The van der Waals surface area contributed by atoms with Gasteiger partial charge in [0.15, 0.2) is 0 Å². The van der Waals surface area contributed by atoms with Crippen LogP contribution in [-0.4, -0.2) is 11.0 Å². The molecular weight excluding hydrogens is 263 g/mol. The van der Waals surface area contributed by atoms with Crippen molar-refractivity contribution in [1.29, 1.82) is 0 Å². The minimum Gasteiger partial charge on any atom is -0.324 e. The summed E-state index contributed by atoms with van der Waals surface area (Å²) in [6, 6.07) is 0. The van der Waals surface area contributed by atoms with E-state index in [1.54, 1.807) is 0 Å². The standard InChI is InChI=1S/C6H12BrO3PS/c7-10-11(8,12)9-6-4-2-1-3-5-6/h6H,1-5H2,(H,8,12). The van der Waals surface area contributed by atoms with Crippen LogP contribution >= 0.6 is 23.0 Å². The van der Waals surface area contributed by atoms with E-state index in [4.69, 9.17) is 16.3 Å². The maximum absolute atomic E-state index is 9.31. The van der Waals surface area contributed by atoms with Crippen molar-refractivity contribution < 1.29 is 13.0 Å².